The number of likely N-dealkylation sites (tertiary alicyclic amines) is 1. The van der Waals surface area contributed by atoms with E-state index in [1.54, 1.807) is 6.26 Å². The highest BCUT2D eigenvalue weighted by Gasteiger charge is 2.26. The number of hydrogen-bond donors (Lipinski definition) is 1. The Kier molecular flexibility index (Phi) is 10.2. The number of nitrogens with one attached hydrogen (secondary N) is 1. The average Bonchev–Trinajstić information content (AvgIpc) is 3.54. The van der Waals surface area contributed by atoms with E-state index in [2.05, 4.69) is 34.5 Å². The quantitative estimate of drug-likeness (QED) is 0.296. The van der Waals surface area contributed by atoms with E-state index in [0.29, 0.717) is 12.5 Å². The predicted molar refractivity (Wildman–Crippen MR) is 133 cm³/mol. The lowest BCUT2D eigenvalue weighted by atomic mass is 10.1. The summed E-state index contributed by atoms with van der Waals surface area (Å²) in [5, 5.41) is 3.55. The molecule has 2 aliphatic heterocycles. The molecule has 2 saturated heterocycles. The van der Waals surface area contributed by atoms with Gasteiger partial charge in [-0.05, 0) is 37.0 Å². The highest BCUT2D eigenvalue weighted by atomic mass is 127. The molecule has 0 saturated carbocycles. The molecule has 0 bridgehead atoms. The lowest BCUT2D eigenvalue weighted by molar-refractivity contribution is 0.0906. The molecule has 170 valence electrons. The van der Waals surface area contributed by atoms with E-state index in [-0.39, 0.29) is 30.1 Å². The van der Waals surface area contributed by atoms with Gasteiger partial charge in [0.25, 0.3) is 0 Å². The summed E-state index contributed by atoms with van der Waals surface area (Å²) in [4.78, 5) is 7.27. The summed E-state index contributed by atoms with van der Waals surface area (Å²) in [5.74, 6) is 2.52. The summed E-state index contributed by atoms with van der Waals surface area (Å²) >= 11 is 0. The fourth-order valence-electron chi connectivity index (χ4n) is 4.08. The number of furan rings is 1. The Bertz CT molecular complexity index is 764. The van der Waals surface area contributed by atoms with E-state index in [9.17, 15) is 0 Å². The van der Waals surface area contributed by atoms with Gasteiger partial charge in [0.05, 0.1) is 32.1 Å². The Balaban J connectivity index is 0.00000272. The third-order valence-electron chi connectivity index (χ3n) is 5.75. The molecule has 31 heavy (non-hydrogen) atoms. The third kappa shape index (κ3) is 7.80. The lowest BCUT2D eigenvalue weighted by Crippen LogP contribution is -2.41. The summed E-state index contributed by atoms with van der Waals surface area (Å²) < 4.78 is 17.2. The summed E-state index contributed by atoms with van der Waals surface area (Å²) in [7, 11) is 0. The molecule has 2 aromatic rings. The molecule has 1 aromatic heterocycles. The molecule has 6 nitrogen and oxygen atoms in total. The molecule has 7 heteroatoms. The van der Waals surface area contributed by atoms with Crippen molar-refractivity contribution in [2.24, 2.45) is 10.9 Å². The standard InChI is InChI=1S/C24H33N3O3.HI/c1-2-6-20(7-3-1)18-28-19-21-11-13-27(17-21)24(26-16-23-9-5-15-30-23)25-12-10-22-8-4-14-29-22;/h1-4,6-8,14,21,23H,5,9-13,15-19H2,(H,25,26);1H. The van der Waals surface area contributed by atoms with Crippen LogP contribution in [0.15, 0.2) is 58.1 Å². The van der Waals surface area contributed by atoms with Crippen LogP contribution in [0.3, 0.4) is 0 Å². The second kappa shape index (κ2) is 13.1. The monoisotopic (exact) mass is 539 g/mol. The molecular formula is C24H34IN3O3. The molecule has 1 aromatic carbocycles. The molecule has 2 aliphatic rings. The van der Waals surface area contributed by atoms with Gasteiger partial charge in [-0.2, -0.15) is 0 Å². The molecule has 0 amide bonds. The van der Waals surface area contributed by atoms with Crippen molar-refractivity contribution in [3.8, 4) is 0 Å². The number of nitrogens with zero attached hydrogens (tertiary/aromatic N) is 2. The van der Waals surface area contributed by atoms with E-state index >= 15 is 0 Å². The topological polar surface area (TPSA) is 59.2 Å². The first-order valence-electron chi connectivity index (χ1n) is 11.2. The van der Waals surface area contributed by atoms with Crippen LogP contribution in [0.2, 0.25) is 0 Å². The Hall–Kier alpha value is -1.58. The maximum Gasteiger partial charge on any atom is 0.194 e. The zero-order valence-electron chi connectivity index (χ0n) is 18.1. The van der Waals surface area contributed by atoms with Crippen molar-refractivity contribution < 1.29 is 13.9 Å². The number of halogens is 1. The molecule has 0 aliphatic carbocycles. The Morgan fingerprint density at radius 2 is 2.06 bits per heavy atom. The zero-order chi connectivity index (χ0) is 20.4. The van der Waals surface area contributed by atoms with Gasteiger partial charge in [-0.3, -0.25) is 4.99 Å². The zero-order valence-corrected chi connectivity index (χ0v) is 20.4. The fraction of sp³-hybridized carbons (Fsp3) is 0.542. The van der Waals surface area contributed by atoms with Crippen molar-refractivity contribution in [1.29, 1.82) is 0 Å². The molecule has 1 N–H and O–H groups in total. The maximum atomic E-state index is 5.98. The van der Waals surface area contributed by atoms with Crippen LogP contribution in [-0.4, -0.2) is 56.4 Å². The molecule has 2 atom stereocenters. The average molecular weight is 539 g/mol. The van der Waals surface area contributed by atoms with Gasteiger partial charge in [-0.25, -0.2) is 0 Å². The van der Waals surface area contributed by atoms with Gasteiger partial charge in [0, 0.05) is 38.6 Å². The smallest absolute Gasteiger partial charge is 0.194 e. The van der Waals surface area contributed by atoms with Crippen molar-refractivity contribution >= 4 is 29.9 Å². The van der Waals surface area contributed by atoms with Crippen molar-refractivity contribution in [1.82, 2.24) is 10.2 Å². The number of benzene rings is 1. The third-order valence-corrected chi connectivity index (χ3v) is 5.75. The Labute approximate surface area is 202 Å². The number of hydrogen-bond acceptors (Lipinski definition) is 4. The molecular weight excluding hydrogens is 505 g/mol. The van der Waals surface area contributed by atoms with Gasteiger partial charge >= 0.3 is 0 Å². The number of aliphatic imine (C=N–C) groups is 1. The first kappa shape index (κ1) is 24.1. The maximum absolute atomic E-state index is 5.98. The first-order chi connectivity index (χ1) is 14.9. The lowest BCUT2D eigenvalue weighted by Gasteiger charge is -2.23. The molecule has 2 unspecified atom stereocenters. The van der Waals surface area contributed by atoms with E-state index in [0.717, 1.165) is 76.8 Å². The summed E-state index contributed by atoms with van der Waals surface area (Å²) in [6.07, 6.45) is 6.23. The number of ether oxygens (including phenoxy) is 2. The summed E-state index contributed by atoms with van der Waals surface area (Å²) in [5.41, 5.74) is 1.23. The van der Waals surface area contributed by atoms with Crippen LogP contribution in [0.1, 0.15) is 30.6 Å². The highest BCUT2D eigenvalue weighted by Crippen LogP contribution is 2.18. The van der Waals surface area contributed by atoms with Crippen LogP contribution in [0.4, 0.5) is 0 Å². The Morgan fingerprint density at radius 1 is 1.16 bits per heavy atom. The minimum Gasteiger partial charge on any atom is -0.469 e. The van der Waals surface area contributed by atoms with Crippen molar-refractivity contribution in [2.45, 2.75) is 38.4 Å². The largest absolute Gasteiger partial charge is 0.469 e. The van der Waals surface area contributed by atoms with Gasteiger partial charge in [0.15, 0.2) is 5.96 Å². The van der Waals surface area contributed by atoms with Crippen LogP contribution in [-0.2, 0) is 22.5 Å². The van der Waals surface area contributed by atoms with Crippen LogP contribution >= 0.6 is 24.0 Å². The van der Waals surface area contributed by atoms with Crippen LogP contribution in [0.5, 0.6) is 0 Å². The van der Waals surface area contributed by atoms with Gasteiger partial charge in [-0.15, -0.1) is 24.0 Å². The van der Waals surface area contributed by atoms with E-state index in [1.165, 1.54) is 5.56 Å². The van der Waals surface area contributed by atoms with E-state index in [1.807, 2.05) is 18.2 Å². The summed E-state index contributed by atoms with van der Waals surface area (Å²) in [6, 6.07) is 14.3. The van der Waals surface area contributed by atoms with Gasteiger partial charge in [-0.1, -0.05) is 30.3 Å². The van der Waals surface area contributed by atoms with Crippen molar-refractivity contribution in [3.63, 3.8) is 0 Å². The molecule has 3 heterocycles. The first-order valence-corrected chi connectivity index (χ1v) is 11.2. The number of rotatable bonds is 9. The van der Waals surface area contributed by atoms with Crippen LogP contribution in [0, 0.1) is 5.92 Å². The molecule has 0 radical (unpaired) electrons. The van der Waals surface area contributed by atoms with Crippen LogP contribution < -0.4 is 5.32 Å². The van der Waals surface area contributed by atoms with Gasteiger partial charge in [0.1, 0.15) is 5.76 Å². The molecule has 4 rings (SSSR count). The minimum atomic E-state index is 0. The highest BCUT2D eigenvalue weighted by molar-refractivity contribution is 14.0. The molecule has 2 fully saturated rings. The van der Waals surface area contributed by atoms with E-state index < -0.39 is 0 Å². The Morgan fingerprint density at radius 3 is 2.84 bits per heavy atom. The number of guanidine groups is 1. The fourth-order valence-corrected chi connectivity index (χ4v) is 4.08. The second-order valence-electron chi connectivity index (χ2n) is 8.16. The van der Waals surface area contributed by atoms with Gasteiger partial charge in [0.2, 0.25) is 0 Å². The normalized spacial score (nSPS) is 21.3. The minimum absolute atomic E-state index is 0. The van der Waals surface area contributed by atoms with Crippen LogP contribution in [0.25, 0.3) is 0 Å². The summed E-state index contributed by atoms with van der Waals surface area (Å²) in [6.45, 7) is 5.87. The molecule has 0 spiro atoms. The van der Waals surface area contributed by atoms with Crippen molar-refractivity contribution in [3.05, 3.63) is 60.1 Å². The van der Waals surface area contributed by atoms with Crippen molar-refractivity contribution in [2.75, 3.05) is 39.4 Å². The van der Waals surface area contributed by atoms with Gasteiger partial charge < -0.3 is 24.1 Å². The van der Waals surface area contributed by atoms with E-state index in [4.69, 9.17) is 18.9 Å². The SMILES string of the molecule is I.c1ccc(COCC2CCN(C(=NCC3CCCO3)NCCc3ccco3)C2)cc1. The second-order valence-corrected chi connectivity index (χ2v) is 8.16. The predicted octanol–water partition coefficient (Wildman–Crippen LogP) is 4.10.